The average molecular weight is 571 g/mol. The molecule has 2 aromatic rings. The largest absolute Gasteiger partial charge is 0.416 e. The van der Waals surface area contributed by atoms with Gasteiger partial charge in [-0.2, -0.15) is 26.3 Å². The molecule has 0 aromatic heterocycles. The molecule has 0 bridgehead atoms. The molecule has 0 radical (unpaired) electrons. The van der Waals surface area contributed by atoms with E-state index in [2.05, 4.69) is 0 Å². The predicted molar refractivity (Wildman–Crippen MR) is 135 cm³/mol. The van der Waals surface area contributed by atoms with Gasteiger partial charge in [0.2, 0.25) is 11.8 Å². The van der Waals surface area contributed by atoms with E-state index < -0.39 is 35.7 Å². The van der Waals surface area contributed by atoms with Gasteiger partial charge in [0.25, 0.3) is 0 Å². The lowest BCUT2D eigenvalue weighted by atomic mass is 9.86. The molecule has 2 heterocycles. The van der Waals surface area contributed by atoms with Crippen molar-refractivity contribution in [1.29, 1.82) is 0 Å². The first-order valence-corrected chi connectivity index (χ1v) is 13.3. The van der Waals surface area contributed by atoms with Crippen molar-refractivity contribution in [1.82, 2.24) is 9.80 Å². The van der Waals surface area contributed by atoms with Gasteiger partial charge in [-0.1, -0.05) is 30.3 Å². The predicted octanol–water partition coefficient (Wildman–Crippen LogP) is 6.45. The van der Waals surface area contributed by atoms with Gasteiger partial charge in [0, 0.05) is 44.9 Å². The number of alkyl halides is 6. The van der Waals surface area contributed by atoms with Crippen molar-refractivity contribution >= 4 is 11.8 Å². The van der Waals surface area contributed by atoms with Crippen LogP contribution in [0, 0.1) is 5.92 Å². The molecule has 3 atom stereocenters. The van der Waals surface area contributed by atoms with E-state index in [0.29, 0.717) is 57.6 Å². The normalized spacial score (nSPS) is 21.8. The molecule has 40 heavy (non-hydrogen) atoms. The lowest BCUT2D eigenvalue weighted by molar-refractivity contribution is -0.143. The van der Waals surface area contributed by atoms with Crippen molar-refractivity contribution in [3.63, 3.8) is 0 Å². The average Bonchev–Trinajstić information content (AvgIpc) is 2.92. The third-order valence-electron chi connectivity index (χ3n) is 7.84. The van der Waals surface area contributed by atoms with Crippen LogP contribution in [0.25, 0.3) is 0 Å². The minimum atomic E-state index is -4.95. The van der Waals surface area contributed by atoms with E-state index in [1.54, 1.807) is 9.80 Å². The smallest absolute Gasteiger partial charge is 0.370 e. The molecule has 0 N–H and O–H groups in total. The molecule has 4 rings (SSSR count). The van der Waals surface area contributed by atoms with Crippen LogP contribution in [-0.2, 0) is 26.7 Å². The van der Waals surface area contributed by atoms with E-state index in [1.165, 1.54) is 13.8 Å². The minimum absolute atomic E-state index is 0.0108. The third kappa shape index (κ3) is 6.97. The van der Waals surface area contributed by atoms with Gasteiger partial charge in [0.1, 0.15) is 0 Å². The van der Waals surface area contributed by atoms with Gasteiger partial charge in [0.05, 0.1) is 23.3 Å². The van der Waals surface area contributed by atoms with Gasteiger partial charge in [-0.3, -0.25) is 9.59 Å². The molecule has 0 unspecified atom stereocenters. The molecule has 2 aliphatic heterocycles. The summed E-state index contributed by atoms with van der Waals surface area (Å²) in [7, 11) is 0. The number of nitrogens with zero attached hydrogens (tertiary/aromatic N) is 2. The number of amides is 2. The topological polar surface area (TPSA) is 49.9 Å². The third-order valence-corrected chi connectivity index (χ3v) is 7.84. The maximum Gasteiger partial charge on any atom is 0.416 e. The number of hydrogen-bond donors (Lipinski definition) is 0. The van der Waals surface area contributed by atoms with E-state index in [9.17, 15) is 35.9 Å². The maximum absolute atomic E-state index is 13.4. The Kier molecular flexibility index (Phi) is 8.82. The summed E-state index contributed by atoms with van der Waals surface area (Å²) in [5.74, 6) is -0.575. The van der Waals surface area contributed by atoms with Gasteiger partial charge < -0.3 is 14.5 Å². The highest BCUT2D eigenvalue weighted by atomic mass is 19.4. The van der Waals surface area contributed by atoms with Crippen LogP contribution in [-0.4, -0.2) is 53.9 Å². The molecule has 2 amide bonds. The summed E-state index contributed by atoms with van der Waals surface area (Å²) >= 11 is 0. The molecular formula is C29H32F6N2O3. The fourth-order valence-electron chi connectivity index (χ4n) is 5.57. The molecule has 2 aliphatic rings. The zero-order valence-corrected chi connectivity index (χ0v) is 22.3. The van der Waals surface area contributed by atoms with Crippen LogP contribution < -0.4 is 0 Å². The van der Waals surface area contributed by atoms with Gasteiger partial charge in [0.15, 0.2) is 0 Å². The quantitative estimate of drug-likeness (QED) is 0.389. The molecule has 11 heteroatoms. The Labute approximate surface area is 229 Å². The van der Waals surface area contributed by atoms with Gasteiger partial charge in [-0.25, -0.2) is 0 Å². The van der Waals surface area contributed by atoms with E-state index >= 15 is 0 Å². The highest BCUT2D eigenvalue weighted by Crippen LogP contribution is 2.40. The summed E-state index contributed by atoms with van der Waals surface area (Å²) in [6.07, 6.45) is -9.99. The first-order chi connectivity index (χ1) is 18.7. The number of halogens is 6. The van der Waals surface area contributed by atoms with Crippen LogP contribution in [0.5, 0.6) is 0 Å². The molecule has 218 valence electrons. The number of benzene rings is 2. The van der Waals surface area contributed by atoms with E-state index in [0.717, 1.165) is 5.56 Å². The van der Waals surface area contributed by atoms with Crippen LogP contribution in [0.3, 0.4) is 0 Å². The number of hydrogen-bond acceptors (Lipinski definition) is 3. The van der Waals surface area contributed by atoms with Crippen molar-refractivity contribution in [2.45, 2.75) is 63.6 Å². The van der Waals surface area contributed by atoms with Crippen molar-refractivity contribution in [2.75, 3.05) is 26.2 Å². The fraction of sp³-hybridized carbons (Fsp3) is 0.517. The zero-order chi connectivity index (χ0) is 29.2. The second-order valence-electron chi connectivity index (χ2n) is 10.5. The lowest BCUT2D eigenvalue weighted by Gasteiger charge is -2.42. The summed E-state index contributed by atoms with van der Waals surface area (Å²) in [5, 5.41) is 0. The SMILES string of the molecule is CC(=O)N1CCC(C(=O)N2CC[C@H](O[C@H](C)c3cc(C(F)(F)F)cc(C(F)(F)F)c3)[C@H](c3ccccc3)C2)CC1. The second kappa shape index (κ2) is 11.8. The summed E-state index contributed by atoms with van der Waals surface area (Å²) in [4.78, 5) is 28.5. The van der Waals surface area contributed by atoms with Crippen molar-refractivity contribution < 1.29 is 40.7 Å². The van der Waals surface area contributed by atoms with Crippen LogP contribution in [0.2, 0.25) is 0 Å². The molecule has 0 saturated carbocycles. The van der Waals surface area contributed by atoms with Crippen LogP contribution in [0.4, 0.5) is 26.3 Å². The zero-order valence-electron chi connectivity index (χ0n) is 22.3. The van der Waals surface area contributed by atoms with Gasteiger partial charge >= 0.3 is 12.4 Å². The summed E-state index contributed by atoms with van der Waals surface area (Å²) in [6.45, 7) is 4.63. The molecule has 2 fully saturated rings. The van der Waals surface area contributed by atoms with Crippen molar-refractivity contribution in [3.05, 3.63) is 70.8 Å². The molecule has 0 aliphatic carbocycles. The highest BCUT2D eigenvalue weighted by Gasteiger charge is 2.40. The number of carbonyl (C=O) groups is 2. The Hall–Kier alpha value is -3.08. The number of likely N-dealkylation sites (tertiary alicyclic amines) is 2. The van der Waals surface area contributed by atoms with Crippen LogP contribution >= 0.6 is 0 Å². The lowest BCUT2D eigenvalue weighted by Crippen LogP contribution is -2.50. The first kappa shape index (κ1) is 29.9. The molecule has 0 spiro atoms. The van der Waals surface area contributed by atoms with E-state index in [4.69, 9.17) is 4.74 Å². The maximum atomic E-state index is 13.4. The molecule has 2 aromatic carbocycles. The van der Waals surface area contributed by atoms with E-state index in [1.807, 2.05) is 30.3 Å². The number of piperidine rings is 2. The van der Waals surface area contributed by atoms with Gasteiger partial charge in [-0.05, 0) is 55.5 Å². The molecule has 5 nitrogen and oxygen atoms in total. The molecular weight excluding hydrogens is 538 g/mol. The second-order valence-corrected chi connectivity index (χ2v) is 10.5. The fourth-order valence-corrected chi connectivity index (χ4v) is 5.57. The standard InChI is InChI=1S/C29H32F6N2O3/c1-18(22-14-23(28(30,31)32)16-24(15-22)29(33,34)35)40-26-10-13-37(17-25(26)20-6-4-3-5-7-20)27(39)21-8-11-36(12-9-21)19(2)38/h3-7,14-16,18,21,25-26H,8-13,17H2,1-2H3/t18-,25+,26+/m1/s1. The summed E-state index contributed by atoms with van der Waals surface area (Å²) < 4.78 is 86.6. The Morgan fingerprint density at radius 1 is 0.850 bits per heavy atom. The van der Waals surface area contributed by atoms with Crippen molar-refractivity contribution in [3.8, 4) is 0 Å². The van der Waals surface area contributed by atoms with Crippen LogP contribution in [0.1, 0.15) is 67.4 Å². The Morgan fingerprint density at radius 2 is 1.40 bits per heavy atom. The number of carbonyl (C=O) groups excluding carboxylic acids is 2. The number of rotatable bonds is 5. The van der Waals surface area contributed by atoms with Crippen molar-refractivity contribution in [2.24, 2.45) is 5.92 Å². The molecule has 2 saturated heterocycles. The Morgan fingerprint density at radius 3 is 1.93 bits per heavy atom. The Balaban J connectivity index is 1.54. The summed E-state index contributed by atoms with van der Waals surface area (Å²) in [6, 6.07) is 10.7. The highest BCUT2D eigenvalue weighted by molar-refractivity contribution is 5.80. The first-order valence-electron chi connectivity index (χ1n) is 13.3. The Bertz CT molecular complexity index is 1160. The van der Waals surface area contributed by atoms with Crippen LogP contribution in [0.15, 0.2) is 48.5 Å². The van der Waals surface area contributed by atoms with E-state index in [-0.39, 0.29) is 35.3 Å². The monoisotopic (exact) mass is 570 g/mol. The number of ether oxygens (including phenoxy) is 1. The van der Waals surface area contributed by atoms with Gasteiger partial charge in [-0.15, -0.1) is 0 Å². The minimum Gasteiger partial charge on any atom is -0.370 e. The summed E-state index contributed by atoms with van der Waals surface area (Å²) in [5.41, 5.74) is -2.12.